The van der Waals surface area contributed by atoms with E-state index in [0.29, 0.717) is 17.4 Å². The van der Waals surface area contributed by atoms with E-state index in [-0.39, 0.29) is 30.2 Å². The zero-order chi connectivity index (χ0) is 23.7. The lowest BCUT2D eigenvalue weighted by atomic mass is 10.3. The third-order valence-corrected chi connectivity index (χ3v) is 5.07. The van der Waals surface area contributed by atoms with Gasteiger partial charge in [0, 0.05) is 39.1 Å². The van der Waals surface area contributed by atoms with Crippen LogP contribution in [-0.4, -0.2) is 52.0 Å². The van der Waals surface area contributed by atoms with Gasteiger partial charge in [0.1, 0.15) is 24.8 Å². The van der Waals surface area contributed by atoms with Gasteiger partial charge >= 0.3 is 5.69 Å². The number of anilines is 1. The van der Waals surface area contributed by atoms with E-state index < -0.39 is 17.4 Å². The topological polar surface area (TPSA) is 138 Å². The highest BCUT2D eigenvalue weighted by molar-refractivity contribution is 5.88. The Bertz CT molecular complexity index is 1410. The normalized spacial score (nSPS) is 12.1. The van der Waals surface area contributed by atoms with E-state index in [0.717, 1.165) is 4.57 Å². The standard InChI is InChI=1S/C21H23N7O5/c1-13(29)23-14-4-6-16(7-5-14)33-11-15(30)10-28-17-18(24-20(28)27-9-8-22-12-27)25(2)21(32)26(3)19(17)31/h4-9,12,15,30H,10-11H2,1-3H3,(H,23,29). The zero-order valence-electron chi connectivity index (χ0n) is 18.3. The van der Waals surface area contributed by atoms with E-state index in [1.807, 2.05) is 0 Å². The number of carbonyl (C=O) groups is 1. The molecule has 12 nitrogen and oxygen atoms in total. The minimum Gasteiger partial charge on any atom is -0.491 e. The van der Waals surface area contributed by atoms with Crippen LogP contribution in [0.2, 0.25) is 0 Å². The lowest BCUT2D eigenvalue weighted by Crippen LogP contribution is -2.38. The Balaban J connectivity index is 1.62. The number of hydrogen-bond donors (Lipinski definition) is 2. The van der Waals surface area contributed by atoms with Crippen molar-refractivity contribution in [3.05, 3.63) is 63.8 Å². The predicted molar refractivity (Wildman–Crippen MR) is 120 cm³/mol. The van der Waals surface area contributed by atoms with Gasteiger partial charge in [-0.3, -0.25) is 23.3 Å². The quantitative estimate of drug-likeness (QED) is 0.402. The van der Waals surface area contributed by atoms with Crippen molar-refractivity contribution in [2.75, 3.05) is 11.9 Å². The van der Waals surface area contributed by atoms with Crippen LogP contribution in [0.1, 0.15) is 6.92 Å². The van der Waals surface area contributed by atoms with Crippen LogP contribution in [0.3, 0.4) is 0 Å². The molecule has 3 aromatic heterocycles. The maximum atomic E-state index is 12.9. The number of carbonyl (C=O) groups excluding carboxylic acids is 1. The second kappa shape index (κ2) is 8.74. The number of aliphatic hydroxyl groups is 1. The van der Waals surface area contributed by atoms with Crippen LogP contribution in [0.25, 0.3) is 17.1 Å². The van der Waals surface area contributed by atoms with E-state index in [1.165, 1.54) is 31.9 Å². The van der Waals surface area contributed by atoms with Crippen molar-refractivity contribution in [1.82, 2.24) is 28.2 Å². The number of nitrogens with one attached hydrogen (secondary N) is 1. The Kier molecular flexibility index (Phi) is 5.84. The Labute approximate surface area is 187 Å². The number of rotatable bonds is 7. The molecule has 33 heavy (non-hydrogen) atoms. The molecule has 0 aliphatic heterocycles. The van der Waals surface area contributed by atoms with Crippen molar-refractivity contribution in [2.24, 2.45) is 14.1 Å². The number of fused-ring (bicyclic) bond motifs is 1. The Morgan fingerprint density at radius 2 is 1.91 bits per heavy atom. The summed E-state index contributed by atoms with van der Waals surface area (Å²) in [6, 6.07) is 6.72. The molecule has 1 aromatic carbocycles. The highest BCUT2D eigenvalue weighted by Crippen LogP contribution is 2.18. The number of amides is 1. The van der Waals surface area contributed by atoms with Crippen LogP contribution >= 0.6 is 0 Å². The first-order valence-electron chi connectivity index (χ1n) is 10.1. The molecule has 172 valence electrons. The van der Waals surface area contributed by atoms with Crippen LogP contribution < -0.4 is 21.3 Å². The third-order valence-electron chi connectivity index (χ3n) is 5.07. The zero-order valence-corrected chi connectivity index (χ0v) is 18.3. The molecule has 3 heterocycles. The Hall–Kier alpha value is -4.19. The fraction of sp³-hybridized carbons (Fsp3) is 0.286. The molecule has 0 saturated carbocycles. The summed E-state index contributed by atoms with van der Waals surface area (Å²) in [5, 5.41) is 13.4. The van der Waals surface area contributed by atoms with Gasteiger partial charge in [0.2, 0.25) is 11.9 Å². The average molecular weight is 453 g/mol. The van der Waals surface area contributed by atoms with Gasteiger partial charge in [-0.25, -0.2) is 9.78 Å². The summed E-state index contributed by atoms with van der Waals surface area (Å²) in [4.78, 5) is 44.8. The molecule has 0 bridgehead atoms. The first-order chi connectivity index (χ1) is 15.8. The van der Waals surface area contributed by atoms with Gasteiger partial charge in [0.15, 0.2) is 11.2 Å². The fourth-order valence-electron chi connectivity index (χ4n) is 3.48. The molecular weight excluding hydrogens is 430 g/mol. The van der Waals surface area contributed by atoms with Crippen molar-refractivity contribution in [3.8, 4) is 11.7 Å². The van der Waals surface area contributed by atoms with Gasteiger partial charge in [-0.05, 0) is 24.3 Å². The minimum atomic E-state index is -0.998. The summed E-state index contributed by atoms with van der Waals surface area (Å²) >= 11 is 0. The van der Waals surface area contributed by atoms with Gasteiger partial charge in [-0.1, -0.05) is 0 Å². The van der Waals surface area contributed by atoms with Crippen molar-refractivity contribution >= 4 is 22.8 Å². The molecule has 0 spiro atoms. The summed E-state index contributed by atoms with van der Waals surface area (Å²) < 4.78 is 11.1. The summed E-state index contributed by atoms with van der Waals surface area (Å²) in [5.74, 6) is 0.662. The number of ether oxygens (including phenoxy) is 1. The number of hydrogen-bond acceptors (Lipinski definition) is 7. The second-order valence-corrected chi connectivity index (χ2v) is 7.54. The summed E-state index contributed by atoms with van der Waals surface area (Å²) in [6.45, 7) is 1.35. The number of aliphatic hydroxyl groups excluding tert-OH is 1. The van der Waals surface area contributed by atoms with E-state index in [9.17, 15) is 19.5 Å². The van der Waals surface area contributed by atoms with Gasteiger partial charge in [0.05, 0.1) is 6.54 Å². The van der Waals surface area contributed by atoms with Gasteiger partial charge in [-0.2, -0.15) is 4.98 Å². The Morgan fingerprint density at radius 1 is 1.18 bits per heavy atom. The Morgan fingerprint density at radius 3 is 2.55 bits per heavy atom. The van der Waals surface area contributed by atoms with Crippen LogP contribution in [-0.2, 0) is 25.4 Å². The summed E-state index contributed by atoms with van der Waals surface area (Å²) in [6.07, 6.45) is 3.73. The molecule has 2 N–H and O–H groups in total. The lowest BCUT2D eigenvalue weighted by molar-refractivity contribution is -0.114. The van der Waals surface area contributed by atoms with E-state index in [2.05, 4.69) is 15.3 Å². The van der Waals surface area contributed by atoms with E-state index in [1.54, 1.807) is 45.8 Å². The maximum absolute atomic E-state index is 12.9. The molecule has 1 amide bonds. The van der Waals surface area contributed by atoms with Crippen molar-refractivity contribution in [2.45, 2.75) is 19.6 Å². The van der Waals surface area contributed by atoms with Gasteiger partial charge < -0.3 is 19.7 Å². The molecule has 0 aliphatic rings. The SMILES string of the molecule is CC(=O)Nc1ccc(OCC(O)Cn2c(-n3ccnc3)nc3c2c(=O)n(C)c(=O)n3C)cc1. The number of aryl methyl sites for hydroxylation is 1. The first-order valence-corrected chi connectivity index (χ1v) is 10.1. The van der Waals surface area contributed by atoms with Crippen LogP contribution in [0.5, 0.6) is 5.75 Å². The third kappa shape index (κ3) is 4.28. The van der Waals surface area contributed by atoms with Gasteiger partial charge in [0.25, 0.3) is 5.56 Å². The fourth-order valence-corrected chi connectivity index (χ4v) is 3.48. The van der Waals surface area contributed by atoms with Crippen molar-refractivity contribution in [1.29, 1.82) is 0 Å². The monoisotopic (exact) mass is 453 g/mol. The summed E-state index contributed by atoms with van der Waals surface area (Å²) in [7, 11) is 2.92. The van der Waals surface area contributed by atoms with Crippen LogP contribution in [0.4, 0.5) is 5.69 Å². The maximum Gasteiger partial charge on any atom is 0.332 e. The second-order valence-electron chi connectivity index (χ2n) is 7.54. The minimum absolute atomic E-state index is 0.0125. The highest BCUT2D eigenvalue weighted by atomic mass is 16.5. The molecule has 4 aromatic rings. The average Bonchev–Trinajstić information content (AvgIpc) is 3.44. The molecule has 0 saturated heterocycles. The predicted octanol–water partition coefficient (Wildman–Crippen LogP) is 0.0177. The van der Waals surface area contributed by atoms with Crippen molar-refractivity contribution in [3.63, 3.8) is 0 Å². The number of imidazole rings is 2. The molecule has 0 radical (unpaired) electrons. The van der Waals surface area contributed by atoms with Crippen molar-refractivity contribution < 1.29 is 14.6 Å². The van der Waals surface area contributed by atoms with E-state index >= 15 is 0 Å². The van der Waals surface area contributed by atoms with Crippen LogP contribution in [0, 0.1) is 0 Å². The molecule has 4 rings (SSSR count). The molecule has 12 heteroatoms. The molecule has 0 fully saturated rings. The smallest absolute Gasteiger partial charge is 0.332 e. The molecule has 1 atom stereocenters. The van der Waals surface area contributed by atoms with Gasteiger partial charge in [-0.15, -0.1) is 0 Å². The number of aromatic nitrogens is 6. The largest absolute Gasteiger partial charge is 0.491 e. The van der Waals surface area contributed by atoms with E-state index in [4.69, 9.17) is 4.74 Å². The molecule has 0 aliphatic carbocycles. The lowest BCUT2D eigenvalue weighted by Gasteiger charge is -2.16. The first kappa shape index (κ1) is 22.0. The number of nitrogens with zero attached hydrogens (tertiary/aromatic N) is 6. The number of benzene rings is 1. The van der Waals surface area contributed by atoms with Crippen LogP contribution in [0.15, 0.2) is 52.6 Å². The highest BCUT2D eigenvalue weighted by Gasteiger charge is 2.22. The molecule has 1 unspecified atom stereocenters. The molecular formula is C21H23N7O5. The summed E-state index contributed by atoms with van der Waals surface area (Å²) in [5.41, 5.74) is -0.00299.